The Morgan fingerprint density at radius 1 is 1.28 bits per heavy atom. The zero-order valence-electron chi connectivity index (χ0n) is 11.7. The van der Waals surface area contributed by atoms with Crippen LogP contribution in [0, 0.1) is 5.41 Å². The average molecular weight is 247 g/mol. The first-order valence-electron chi connectivity index (χ1n) is 5.97. The quantitative estimate of drug-likeness (QED) is 0.828. The second-order valence-electron chi connectivity index (χ2n) is 5.35. The fraction of sp³-hybridized carbons (Fsp3) is 0.400. The maximum absolute atomic E-state index is 12.0. The second kappa shape index (κ2) is 5.71. The molecule has 0 fully saturated rings. The molecule has 98 valence electrons. The van der Waals surface area contributed by atoms with Gasteiger partial charge in [0.2, 0.25) is 0 Å². The molecular weight excluding hydrogens is 226 g/mol. The number of hydrogen-bond donors (Lipinski definition) is 1. The molecule has 0 aliphatic rings. The Balaban J connectivity index is 2.85. The lowest BCUT2D eigenvalue weighted by Gasteiger charge is -2.15. The number of amides is 1. The van der Waals surface area contributed by atoms with Crippen LogP contribution < -0.4 is 10.1 Å². The number of nitrogens with one attached hydrogen (secondary N) is 1. The van der Waals surface area contributed by atoms with Crippen molar-refractivity contribution in [3.8, 4) is 5.75 Å². The summed E-state index contributed by atoms with van der Waals surface area (Å²) in [6, 6.07) is 7.37. The number of allylic oxidation sites excluding steroid dienone is 1. The molecule has 1 N–H and O–H groups in total. The number of carbonyl (C=O) groups excluding carboxylic acids is 1. The largest absolute Gasteiger partial charge is 0.495 e. The van der Waals surface area contributed by atoms with E-state index in [2.05, 4.69) is 26.1 Å². The first-order valence-corrected chi connectivity index (χ1v) is 5.97. The molecule has 0 heterocycles. The van der Waals surface area contributed by atoms with Crippen LogP contribution in [0.25, 0.3) is 0 Å². The molecule has 3 heteroatoms. The molecule has 0 aromatic heterocycles. The second-order valence-corrected chi connectivity index (χ2v) is 5.35. The monoisotopic (exact) mass is 247 g/mol. The first-order chi connectivity index (χ1) is 8.33. The molecule has 1 aromatic carbocycles. The number of para-hydroxylation sites is 2. The third kappa shape index (κ3) is 4.24. The Hall–Kier alpha value is -1.77. The van der Waals surface area contributed by atoms with Gasteiger partial charge in [-0.2, -0.15) is 0 Å². The van der Waals surface area contributed by atoms with Gasteiger partial charge in [-0.05, 0) is 24.5 Å². The molecule has 0 atom stereocenters. The van der Waals surface area contributed by atoms with Crippen molar-refractivity contribution in [3.63, 3.8) is 0 Å². The summed E-state index contributed by atoms with van der Waals surface area (Å²) < 4.78 is 5.19. The molecule has 3 nitrogen and oxygen atoms in total. The van der Waals surface area contributed by atoms with Crippen molar-refractivity contribution in [1.29, 1.82) is 0 Å². The van der Waals surface area contributed by atoms with Crippen LogP contribution in [0.15, 0.2) is 35.9 Å². The summed E-state index contributed by atoms with van der Waals surface area (Å²) in [5, 5.41) is 2.85. The fourth-order valence-electron chi connectivity index (χ4n) is 1.68. The highest BCUT2D eigenvalue weighted by atomic mass is 16.5. The highest BCUT2D eigenvalue weighted by molar-refractivity contribution is 6.04. The molecule has 0 aliphatic carbocycles. The van der Waals surface area contributed by atoms with Gasteiger partial charge in [-0.3, -0.25) is 4.79 Å². The predicted octanol–water partition coefficient (Wildman–Crippen LogP) is 3.63. The minimum atomic E-state index is -0.102. The Labute approximate surface area is 109 Å². The normalized spacial score (nSPS) is 12.2. The van der Waals surface area contributed by atoms with Gasteiger partial charge >= 0.3 is 0 Å². The van der Waals surface area contributed by atoms with Gasteiger partial charge in [-0.1, -0.05) is 39.0 Å². The topological polar surface area (TPSA) is 38.3 Å². The lowest BCUT2D eigenvalue weighted by Crippen LogP contribution is -2.15. The summed E-state index contributed by atoms with van der Waals surface area (Å²) in [7, 11) is 1.59. The minimum absolute atomic E-state index is 0.0117. The number of methoxy groups -OCH3 is 1. The Morgan fingerprint density at radius 3 is 2.44 bits per heavy atom. The number of benzene rings is 1. The Morgan fingerprint density at radius 2 is 1.89 bits per heavy atom. The summed E-state index contributed by atoms with van der Waals surface area (Å²) in [5.41, 5.74) is 1.38. The summed E-state index contributed by atoms with van der Waals surface area (Å²) >= 11 is 0. The molecule has 0 unspecified atom stereocenters. The standard InChI is InChI=1S/C15H21NO2/c1-11(10-15(2,3)4)14(17)16-12-8-6-7-9-13(12)18-5/h6-10H,1-5H3,(H,16,17)/b11-10+. The maximum atomic E-state index is 12.0. The van der Waals surface area contributed by atoms with Crippen LogP contribution in [0.2, 0.25) is 0 Å². The van der Waals surface area contributed by atoms with Gasteiger partial charge in [-0.25, -0.2) is 0 Å². The number of carbonyl (C=O) groups is 1. The van der Waals surface area contributed by atoms with E-state index in [9.17, 15) is 4.79 Å². The number of hydrogen-bond acceptors (Lipinski definition) is 2. The van der Waals surface area contributed by atoms with Crippen molar-refractivity contribution in [2.24, 2.45) is 5.41 Å². The van der Waals surface area contributed by atoms with Crippen molar-refractivity contribution < 1.29 is 9.53 Å². The average Bonchev–Trinajstić information content (AvgIpc) is 2.27. The van der Waals surface area contributed by atoms with Crippen molar-refractivity contribution in [3.05, 3.63) is 35.9 Å². The molecule has 18 heavy (non-hydrogen) atoms. The molecule has 0 bridgehead atoms. The Bertz CT molecular complexity index is 456. The van der Waals surface area contributed by atoms with E-state index in [1.165, 1.54) is 0 Å². The van der Waals surface area contributed by atoms with E-state index in [0.29, 0.717) is 17.0 Å². The zero-order chi connectivity index (χ0) is 13.8. The van der Waals surface area contributed by atoms with E-state index >= 15 is 0 Å². The zero-order valence-corrected chi connectivity index (χ0v) is 11.7. The smallest absolute Gasteiger partial charge is 0.251 e. The minimum Gasteiger partial charge on any atom is -0.495 e. The van der Waals surface area contributed by atoms with Crippen molar-refractivity contribution >= 4 is 11.6 Å². The van der Waals surface area contributed by atoms with E-state index in [4.69, 9.17) is 4.74 Å². The predicted molar refractivity (Wildman–Crippen MR) is 74.8 cm³/mol. The molecule has 0 saturated carbocycles. The van der Waals surface area contributed by atoms with Crippen molar-refractivity contribution in [2.75, 3.05) is 12.4 Å². The lowest BCUT2D eigenvalue weighted by atomic mass is 9.94. The van der Waals surface area contributed by atoms with Crippen LogP contribution in [0.5, 0.6) is 5.75 Å². The van der Waals surface area contributed by atoms with Gasteiger partial charge in [0.1, 0.15) is 5.75 Å². The van der Waals surface area contributed by atoms with Gasteiger partial charge in [0.05, 0.1) is 12.8 Å². The van der Waals surface area contributed by atoms with Gasteiger partial charge < -0.3 is 10.1 Å². The molecule has 0 aliphatic heterocycles. The number of anilines is 1. The molecule has 1 amide bonds. The van der Waals surface area contributed by atoms with Crippen LogP contribution >= 0.6 is 0 Å². The van der Waals surface area contributed by atoms with Crippen molar-refractivity contribution in [2.45, 2.75) is 27.7 Å². The van der Waals surface area contributed by atoms with Crippen LogP contribution in [-0.2, 0) is 4.79 Å². The lowest BCUT2D eigenvalue weighted by molar-refractivity contribution is -0.112. The van der Waals surface area contributed by atoms with Crippen LogP contribution in [0.3, 0.4) is 0 Å². The van der Waals surface area contributed by atoms with E-state index < -0.39 is 0 Å². The van der Waals surface area contributed by atoms with Gasteiger partial charge in [-0.15, -0.1) is 0 Å². The molecule has 0 spiro atoms. The van der Waals surface area contributed by atoms with E-state index in [-0.39, 0.29) is 11.3 Å². The molecule has 0 radical (unpaired) electrons. The van der Waals surface area contributed by atoms with E-state index in [1.807, 2.05) is 37.3 Å². The van der Waals surface area contributed by atoms with E-state index in [1.54, 1.807) is 7.11 Å². The molecular formula is C15H21NO2. The highest BCUT2D eigenvalue weighted by Gasteiger charge is 2.12. The van der Waals surface area contributed by atoms with Gasteiger partial charge in [0, 0.05) is 5.57 Å². The number of rotatable bonds is 3. The molecule has 0 saturated heterocycles. The van der Waals surface area contributed by atoms with E-state index in [0.717, 1.165) is 0 Å². The highest BCUT2D eigenvalue weighted by Crippen LogP contribution is 2.24. The number of ether oxygens (including phenoxy) is 1. The summed E-state index contributed by atoms with van der Waals surface area (Å²) in [5.74, 6) is 0.559. The van der Waals surface area contributed by atoms with Gasteiger partial charge in [0.25, 0.3) is 5.91 Å². The molecule has 1 aromatic rings. The van der Waals surface area contributed by atoms with Crippen LogP contribution in [0.4, 0.5) is 5.69 Å². The third-order valence-electron chi connectivity index (χ3n) is 2.36. The summed E-state index contributed by atoms with van der Waals surface area (Å²) in [6.45, 7) is 8.00. The Kier molecular flexibility index (Phi) is 4.54. The van der Waals surface area contributed by atoms with Gasteiger partial charge in [0.15, 0.2) is 0 Å². The SMILES string of the molecule is COc1ccccc1NC(=O)/C(C)=C/C(C)(C)C. The van der Waals surface area contributed by atoms with Crippen LogP contribution in [-0.4, -0.2) is 13.0 Å². The molecule has 1 rings (SSSR count). The summed E-state index contributed by atoms with van der Waals surface area (Å²) in [4.78, 5) is 12.0. The maximum Gasteiger partial charge on any atom is 0.251 e. The third-order valence-corrected chi connectivity index (χ3v) is 2.36. The fourth-order valence-corrected chi connectivity index (χ4v) is 1.68. The summed E-state index contributed by atoms with van der Waals surface area (Å²) in [6.07, 6.45) is 1.96. The van der Waals surface area contributed by atoms with Crippen LogP contribution in [0.1, 0.15) is 27.7 Å². The first kappa shape index (κ1) is 14.3. The van der Waals surface area contributed by atoms with Crippen molar-refractivity contribution in [1.82, 2.24) is 0 Å².